The van der Waals surface area contributed by atoms with Crippen LogP contribution in [0, 0.1) is 0 Å². The number of nitrogens with zero attached hydrogens (tertiary/aromatic N) is 4. The van der Waals surface area contributed by atoms with Gasteiger partial charge in [0, 0.05) is 43.3 Å². The molecule has 30 heavy (non-hydrogen) atoms. The highest BCUT2D eigenvalue weighted by Crippen LogP contribution is 2.25. The molecule has 3 aromatic rings. The van der Waals surface area contributed by atoms with Gasteiger partial charge in [-0.25, -0.2) is 4.98 Å². The van der Waals surface area contributed by atoms with Crippen LogP contribution in [0.2, 0.25) is 0 Å². The fraction of sp³-hybridized carbons (Fsp3) is 0.318. The van der Waals surface area contributed by atoms with Crippen LogP contribution in [0.1, 0.15) is 5.01 Å². The molecule has 7 nitrogen and oxygen atoms in total. The number of pyridine rings is 1. The topological polar surface area (TPSA) is 67.8 Å². The van der Waals surface area contributed by atoms with Gasteiger partial charge in [0.25, 0.3) is 5.91 Å². The van der Waals surface area contributed by atoms with Gasteiger partial charge in [-0.05, 0) is 36.4 Å². The highest BCUT2D eigenvalue weighted by atomic mass is 32.1. The number of thiazole rings is 1. The molecule has 8 heteroatoms. The first-order valence-electron chi connectivity index (χ1n) is 9.83. The molecule has 0 aliphatic carbocycles. The molecule has 1 saturated heterocycles. The van der Waals surface area contributed by atoms with E-state index in [0.29, 0.717) is 18.8 Å². The molecular weight excluding hydrogens is 400 g/mol. The molecular formula is C22H24N4O3S. The molecule has 1 aliphatic rings. The molecule has 0 bridgehead atoms. The second-order valence-electron chi connectivity index (χ2n) is 6.99. The van der Waals surface area contributed by atoms with Gasteiger partial charge in [0.15, 0.2) is 6.61 Å². The number of methoxy groups -OCH3 is 1. The van der Waals surface area contributed by atoms with Crippen LogP contribution in [0.5, 0.6) is 11.5 Å². The Morgan fingerprint density at radius 1 is 1.10 bits per heavy atom. The normalized spacial score (nSPS) is 14.5. The molecule has 1 amide bonds. The molecule has 4 rings (SSSR count). The van der Waals surface area contributed by atoms with E-state index in [-0.39, 0.29) is 12.5 Å². The van der Waals surface area contributed by atoms with Crippen molar-refractivity contribution in [2.45, 2.75) is 6.54 Å². The molecule has 1 aromatic carbocycles. The number of benzene rings is 1. The Bertz CT molecular complexity index is 954. The summed E-state index contributed by atoms with van der Waals surface area (Å²) in [5, 5.41) is 3.17. The molecule has 0 spiro atoms. The smallest absolute Gasteiger partial charge is 0.260 e. The van der Waals surface area contributed by atoms with Gasteiger partial charge in [-0.15, -0.1) is 11.3 Å². The Kier molecular flexibility index (Phi) is 6.56. The molecule has 0 radical (unpaired) electrons. The van der Waals surface area contributed by atoms with Gasteiger partial charge in [-0.1, -0.05) is 0 Å². The van der Waals surface area contributed by atoms with Gasteiger partial charge in [0.1, 0.15) is 16.5 Å². The summed E-state index contributed by atoms with van der Waals surface area (Å²) in [6, 6.07) is 11.5. The van der Waals surface area contributed by atoms with Crippen molar-refractivity contribution in [2.24, 2.45) is 0 Å². The van der Waals surface area contributed by atoms with Gasteiger partial charge in [0.05, 0.1) is 25.5 Å². The number of hydrogen-bond acceptors (Lipinski definition) is 7. The molecule has 0 atom stereocenters. The number of piperazine rings is 1. The van der Waals surface area contributed by atoms with E-state index in [2.05, 4.69) is 15.3 Å². The number of aromatic nitrogens is 2. The standard InChI is InChI=1S/C22H24N4O3S/c1-28-18-6-4-17(5-7-18)20-16-30-21(24-20)14-25-9-11-26(12-10-25)22(27)15-29-19-3-2-8-23-13-19/h2-8,13,16H,9-12,14-15H2,1H3. The Hall–Kier alpha value is -2.97. The summed E-state index contributed by atoms with van der Waals surface area (Å²) in [6.07, 6.45) is 3.29. The van der Waals surface area contributed by atoms with Crippen molar-refractivity contribution in [1.82, 2.24) is 19.8 Å². The number of carbonyl (C=O) groups is 1. The quantitative estimate of drug-likeness (QED) is 0.581. The van der Waals surface area contributed by atoms with Crippen LogP contribution in [-0.4, -0.2) is 65.6 Å². The van der Waals surface area contributed by atoms with E-state index in [0.717, 1.165) is 41.6 Å². The van der Waals surface area contributed by atoms with E-state index in [1.807, 2.05) is 29.2 Å². The maximum absolute atomic E-state index is 12.4. The minimum atomic E-state index is 0.00884. The summed E-state index contributed by atoms with van der Waals surface area (Å²) >= 11 is 1.67. The maximum atomic E-state index is 12.4. The van der Waals surface area contributed by atoms with E-state index < -0.39 is 0 Å². The lowest BCUT2D eigenvalue weighted by molar-refractivity contribution is -0.135. The van der Waals surface area contributed by atoms with E-state index in [4.69, 9.17) is 14.5 Å². The third kappa shape index (κ3) is 5.14. The van der Waals surface area contributed by atoms with Crippen molar-refractivity contribution in [1.29, 1.82) is 0 Å². The fourth-order valence-electron chi connectivity index (χ4n) is 3.29. The third-order valence-electron chi connectivity index (χ3n) is 5.02. The van der Waals surface area contributed by atoms with Gasteiger partial charge in [-0.2, -0.15) is 0 Å². The molecule has 156 valence electrons. The van der Waals surface area contributed by atoms with Crippen LogP contribution in [-0.2, 0) is 11.3 Å². The average molecular weight is 425 g/mol. The van der Waals surface area contributed by atoms with E-state index in [1.165, 1.54) is 0 Å². The van der Waals surface area contributed by atoms with Crippen molar-refractivity contribution in [3.05, 3.63) is 59.2 Å². The van der Waals surface area contributed by atoms with Gasteiger partial charge in [0.2, 0.25) is 0 Å². The Morgan fingerprint density at radius 2 is 1.90 bits per heavy atom. The number of carbonyl (C=O) groups excluding carboxylic acids is 1. The second-order valence-corrected chi connectivity index (χ2v) is 7.93. The summed E-state index contributed by atoms with van der Waals surface area (Å²) < 4.78 is 10.7. The van der Waals surface area contributed by atoms with Crippen molar-refractivity contribution in [2.75, 3.05) is 39.9 Å². The second kappa shape index (κ2) is 9.69. The van der Waals surface area contributed by atoms with Crippen LogP contribution in [0.3, 0.4) is 0 Å². The predicted molar refractivity (Wildman–Crippen MR) is 116 cm³/mol. The highest BCUT2D eigenvalue weighted by Gasteiger charge is 2.22. The van der Waals surface area contributed by atoms with Crippen LogP contribution >= 0.6 is 11.3 Å². The summed E-state index contributed by atoms with van der Waals surface area (Å²) in [4.78, 5) is 25.3. The molecule has 1 aliphatic heterocycles. The largest absolute Gasteiger partial charge is 0.497 e. The zero-order valence-electron chi connectivity index (χ0n) is 16.9. The highest BCUT2D eigenvalue weighted by molar-refractivity contribution is 7.09. The van der Waals surface area contributed by atoms with E-state index >= 15 is 0 Å². The van der Waals surface area contributed by atoms with Gasteiger partial charge < -0.3 is 14.4 Å². The Morgan fingerprint density at radius 3 is 2.60 bits per heavy atom. The maximum Gasteiger partial charge on any atom is 0.260 e. The van der Waals surface area contributed by atoms with Crippen LogP contribution in [0.4, 0.5) is 0 Å². The van der Waals surface area contributed by atoms with Crippen LogP contribution in [0.25, 0.3) is 11.3 Å². The van der Waals surface area contributed by atoms with E-state index in [1.54, 1.807) is 43.0 Å². The van der Waals surface area contributed by atoms with Crippen molar-refractivity contribution in [3.63, 3.8) is 0 Å². The van der Waals surface area contributed by atoms with Crippen LogP contribution in [0.15, 0.2) is 54.2 Å². The first-order valence-corrected chi connectivity index (χ1v) is 10.7. The zero-order chi connectivity index (χ0) is 20.8. The molecule has 0 N–H and O–H groups in total. The summed E-state index contributed by atoms with van der Waals surface area (Å²) in [7, 11) is 1.66. The molecule has 1 fully saturated rings. The monoisotopic (exact) mass is 424 g/mol. The first-order chi connectivity index (χ1) is 14.7. The number of rotatable bonds is 7. The molecule has 0 unspecified atom stereocenters. The van der Waals surface area contributed by atoms with Gasteiger partial charge in [-0.3, -0.25) is 14.7 Å². The summed E-state index contributed by atoms with van der Waals surface area (Å²) in [5.41, 5.74) is 2.07. The number of amides is 1. The zero-order valence-corrected chi connectivity index (χ0v) is 17.7. The minimum absolute atomic E-state index is 0.00884. The predicted octanol–water partition coefficient (Wildman–Crippen LogP) is 2.94. The van der Waals surface area contributed by atoms with Crippen molar-refractivity contribution >= 4 is 17.2 Å². The molecule has 0 saturated carbocycles. The van der Waals surface area contributed by atoms with Gasteiger partial charge >= 0.3 is 0 Å². The van der Waals surface area contributed by atoms with Crippen molar-refractivity contribution < 1.29 is 14.3 Å². The lowest BCUT2D eigenvalue weighted by Crippen LogP contribution is -2.49. The average Bonchev–Trinajstić information content (AvgIpc) is 3.27. The summed E-state index contributed by atoms with van der Waals surface area (Å²) in [5.74, 6) is 1.46. The molecule has 2 aromatic heterocycles. The lowest BCUT2D eigenvalue weighted by atomic mass is 10.2. The third-order valence-corrected chi connectivity index (χ3v) is 5.85. The number of ether oxygens (including phenoxy) is 2. The Balaban J connectivity index is 1.24. The SMILES string of the molecule is COc1ccc(-c2csc(CN3CCN(C(=O)COc4cccnc4)CC3)n2)cc1. The Labute approximate surface area is 179 Å². The van der Waals surface area contributed by atoms with E-state index in [9.17, 15) is 4.79 Å². The first kappa shape index (κ1) is 20.3. The van der Waals surface area contributed by atoms with Crippen LogP contribution < -0.4 is 9.47 Å². The minimum Gasteiger partial charge on any atom is -0.497 e. The molecule has 3 heterocycles. The fourth-order valence-corrected chi connectivity index (χ4v) is 4.14. The summed E-state index contributed by atoms with van der Waals surface area (Å²) in [6.45, 7) is 3.91. The number of hydrogen-bond donors (Lipinski definition) is 0. The lowest BCUT2D eigenvalue weighted by Gasteiger charge is -2.34. The van der Waals surface area contributed by atoms with Crippen molar-refractivity contribution in [3.8, 4) is 22.8 Å².